The Morgan fingerprint density at radius 3 is 2.93 bits per heavy atom. The minimum Gasteiger partial charge on any atom is -0.318 e. The molecule has 3 heteroatoms. The van der Waals surface area contributed by atoms with Crippen LogP contribution in [-0.2, 0) is 6.54 Å². The van der Waals surface area contributed by atoms with Gasteiger partial charge in [0, 0.05) is 31.0 Å². The maximum absolute atomic E-state index is 4.25. The normalized spacial score (nSPS) is 12.8. The van der Waals surface area contributed by atoms with Gasteiger partial charge in [0.1, 0.15) is 0 Å². The molecule has 0 aliphatic rings. The van der Waals surface area contributed by atoms with E-state index in [1.54, 1.807) is 0 Å². The van der Waals surface area contributed by atoms with Gasteiger partial charge in [0.05, 0.1) is 0 Å². The Bertz CT molecular complexity index is 273. The van der Waals surface area contributed by atoms with Crippen molar-refractivity contribution in [3.8, 4) is 0 Å². The van der Waals surface area contributed by atoms with Crippen LogP contribution >= 0.6 is 0 Å². The van der Waals surface area contributed by atoms with Crippen LogP contribution in [0.2, 0.25) is 0 Å². The molecule has 0 fully saturated rings. The van der Waals surface area contributed by atoms with Crippen molar-refractivity contribution in [3.63, 3.8) is 0 Å². The van der Waals surface area contributed by atoms with Gasteiger partial charge in [-0.1, -0.05) is 6.07 Å². The van der Waals surface area contributed by atoms with Gasteiger partial charge >= 0.3 is 0 Å². The number of rotatable bonds is 5. The highest BCUT2D eigenvalue weighted by atomic mass is 15.0. The fourth-order valence-electron chi connectivity index (χ4n) is 1.37. The first kappa shape index (κ1) is 11.1. The Morgan fingerprint density at radius 2 is 2.29 bits per heavy atom. The van der Waals surface area contributed by atoms with E-state index in [0.29, 0.717) is 6.04 Å². The smallest absolute Gasteiger partial charge is 0.0417 e. The predicted molar refractivity (Wildman–Crippen MR) is 59.2 cm³/mol. The maximum Gasteiger partial charge on any atom is 0.0417 e. The van der Waals surface area contributed by atoms with E-state index in [4.69, 9.17) is 0 Å². The predicted octanol–water partition coefficient (Wildman–Crippen LogP) is 1.09. The molecule has 0 aromatic carbocycles. The van der Waals surface area contributed by atoms with Gasteiger partial charge in [-0.15, -0.1) is 0 Å². The standard InChI is InChI=1S/C11H19N3/c1-9(7-12-3)14-8-11-5-4-6-13-10(11)2/h4-6,9,12,14H,7-8H2,1-3H3. The number of hydrogen-bond acceptors (Lipinski definition) is 3. The summed E-state index contributed by atoms with van der Waals surface area (Å²) in [5, 5.41) is 6.58. The average molecular weight is 193 g/mol. The van der Waals surface area contributed by atoms with Crippen molar-refractivity contribution in [2.45, 2.75) is 26.4 Å². The van der Waals surface area contributed by atoms with E-state index in [2.05, 4.69) is 28.6 Å². The molecular formula is C11H19N3. The van der Waals surface area contributed by atoms with Crippen LogP contribution < -0.4 is 10.6 Å². The van der Waals surface area contributed by atoms with Crippen LogP contribution in [0.25, 0.3) is 0 Å². The molecular weight excluding hydrogens is 174 g/mol. The molecule has 0 bridgehead atoms. The molecule has 0 aliphatic carbocycles. The molecule has 0 saturated heterocycles. The quantitative estimate of drug-likeness (QED) is 0.735. The lowest BCUT2D eigenvalue weighted by atomic mass is 10.2. The topological polar surface area (TPSA) is 37.0 Å². The van der Waals surface area contributed by atoms with Crippen molar-refractivity contribution in [3.05, 3.63) is 29.6 Å². The van der Waals surface area contributed by atoms with Gasteiger partial charge in [0.25, 0.3) is 0 Å². The lowest BCUT2D eigenvalue weighted by molar-refractivity contribution is 0.521. The van der Waals surface area contributed by atoms with E-state index in [0.717, 1.165) is 18.8 Å². The first-order valence-corrected chi connectivity index (χ1v) is 5.02. The molecule has 0 spiro atoms. The van der Waals surface area contributed by atoms with Crippen molar-refractivity contribution in [2.24, 2.45) is 0 Å². The Balaban J connectivity index is 2.41. The Hall–Kier alpha value is -0.930. The highest BCUT2D eigenvalue weighted by molar-refractivity contribution is 5.17. The minimum atomic E-state index is 0.486. The van der Waals surface area contributed by atoms with E-state index >= 15 is 0 Å². The van der Waals surface area contributed by atoms with E-state index in [-0.39, 0.29) is 0 Å². The molecule has 1 heterocycles. The van der Waals surface area contributed by atoms with Crippen molar-refractivity contribution >= 4 is 0 Å². The molecule has 2 N–H and O–H groups in total. The van der Waals surface area contributed by atoms with Crippen LogP contribution in [0, 0.1) is 6.92 Å². The van der Waals surface area contributed by atoms with Crippen molar-refractivity contribution in [2.75, 3.05) is 13.6 Å². The van der Waals surface area contributed by atoms with Gasteiger partial charge in [0.2, 0.25) is 0 Å². The summed E-state index contributed by atoms with van der Waals surface area (Å²) in [4.78, 5) is 4.25. The highest BCUT2D eigenvalue weighted by Crippen LogP contribution is 2.02. The van der Waals surface area contributed by atoms with E-state index in [9.17, 15) is 0 Å². The zero-order valence-corrected chi connectivity index (χ0v) is 9.17. The summed E-state index contributed by atoms with van der Waals surface area (Å²) < 4.78 is 0. The summed E-state index contributed by atoms with van der Waals surface area (Å²) in [6, 6.07) is 4.58. The summed E-state index contributed by atoms with van der Waals surface area (Å²) >= 11 is 0. The molecule has 1 rings (SSSR count). The number of hydrogen-bond donors (Lipinski definition) is 2. The third-order valence-corrected chi connectivity index (χ3v) is 2.27. The molecule has 14 heavy (non-hydrogen) atoms. The molecule has 1 aromatic rings. The molecule has 0 amide bonds. The van der Waals surface area contributed by atoms with Crippen LogP contribution in [0.4, 0.5) is 0 Å². The second kappa shape index (κ2) is 5.73. The third kappa shape index (κ3) is 3.44. The number of nitrogens with zero attached hydrogens (tertiary/aromatic N) is 1. The Kier molecular flexibility index (Phi) is 4.56. The van der Waals surface area contributed by atoms with Crippen molar-refractivity contribution in [1.82, 2.24) is 15.6 Å². The van der Waals surface area contributed by atoms with Gasteiger partial charge in [-0.25, -0.2) is 0 Å². The Morgan fingerprint density at radius 1 is 1.50 bits per heavy atom. The monoisotopic (exact) mass is 193 g/mol. The van der Waals surface area contributed by atoms with Crippen LogP contribution in [-0.4, -0.2) is 24.6 Å². The second-order valence-electron chi connectivity index (χ2n) is 3.59. The van der Waals surface area contributed by atoms with Crippen LogP contribution in [0.3, 0.4) is 0 Å². The zero-order chi connectivity index (χ0) is 10.4. The van der Waals surface area contributed by atoms with E-state index in [1.807, 2.05) is 26.2 Å². The summed E-state index contributed by atoms with van der Waals surface area (Å²) in [5.41, 5.74) is 2.38. The zero-order valence-electron chi connectivity index (χ0n) is 9.17. The molecule has 0 saturated carbocycles. The van der Waals surface area contributed by atoms with E-state index < -0.39 is 0 Å². The fraction of sp³-hybridized carbons (Fsp3) is 0.545. The number of aryl methyl sites for hydroxylation is 1. The molecule has 3 nitrogen and oxygen atoms in total. The van der Waals surface area contributed by atoms with Gasteiger partial charge in [-0.3, -0.25) is 4.98 Å². The number of aromatic nitrogens is 1. The lowest BCUT2D eigenvalue weighted by Gasteiger charge is -2.13. The summed E-state index contributed by atoms with van der Waals surface area (Å²) in [6.07, 6.45) is 1.83. The average Bonchev–Trinajstić information content (AvgIpc) is 2.17. The summed E-state index contributed by atoms with van der Waals surface area (Å²) in [5.74, 6) is 0. The number of pyridine rings is 1. The van der Waals surface area contributed by atoms with Crippen molar-refractivity contribution in [1.29, 1.82) is 0 Å². The largest absolute Gasteiger partial charge is 0.318 e. The number of nitrogens with one attached hydrogen (secondary N) is 2. The molecule has 0 aliphatic heterocycles. The lowest BCUT2D eigenvalue weighted by Crippen LogP contribution is -2.34. The summed E-state index contributed by atoms with van der Waals surface area (Å²) in [6.45, 7) is 6.09. The molecule has 78 valence electrons. The number of likely N-dealkylation sites (N-methyl/N-ethyl adjacent to an activating group) is 1. The van der Waals surface area contributed by atoms with Gasteiger partial charge in [0.15, 0.2) is 0 Å². The van der Waals surface area contributed by atoms with Crippen LogP contribution in [0.15, 0.2) is 18.3 Å². The van der Waals surface area contributed by atoms with Gasteiger partial charge in [-0.2, -0.15) is 0 Å². The molecule has 1 atom stereocenters. The van der Waals surface area contributed by atoms with Crippen LogP contribution in [0.5, 0.6) is 0 Å². The molecule has 1 unspecified atom stereocenters. The van der Waals surface area contributed by atoms with Crippen molar-refractivity contribution < 1.29 is 0 Å². The minimum absolute atomic E-state index is 0.486. The molecule has 1 aromatic heterocycles. The first-order chi connectivity index (χ1) is 6.74. The second-order valence-corrected chi connectivity index (χ2v) is 3.59. The SMILES string of the molecule is CNCC(C)NCc1cccnc1C. The molecule has 0 radical (unpaired) electrons. The van der Waals surface area contributed by atoms with E-state index in [1.165, 1.54) is 5.56 Å². The first-order valence-electron chi connectivity index (χ1n) is 5.02. The summed E-state index contributed by atoms with van der Waals surface area (Å²) in [7, 11) is 1.97. The van der Waals surface area contributed by atoms with Gasteiger partial charge < -0.3 is 10.6 Å². The van der Waals surface area contributed by atoms with Gasteiger partial charge in [-0.05, 0) is 32.5 Å². The third-order valence-electron chi connectivity index (χ3n) is 2.27. The van der Waals surface area contributed by atoms with Crippen LogP contribution in [0.1, 0.15) is 18.2 Å². The maximum atomic E-state index is 4.25. The fourth-order valence-corrected chi connectivity index (χ4v) is 1.37. The Labute approximate surface area is 85.9 Å². The highest BCUT2D eigenvalue weighted by Gasteiger charge is 2.01.